The summed E-state index contributed by atoms with van der Waals surface area (Å²) in [6, 6.07) is 5.08. The van der Waals surface area contributed by atoms with E-state index in [1.807, 2.05) is 0 Å². The van der Waals surface area contributed by atoms with Gasteiger partial charge in [0.2, 0.25) is 5.91 Å². The van der Waals surface area contributed by atoms with Crippen LogP contribution in [0.25, 0.3) is 0 Å². The first-order valence-electron chi connectivity index (χ1n) is 5.55. The van der Waals surface area contributed by atoms with Crippen molar-refractivity contribution in [1.29, 1.82) is 0 Å². The van der Waals surface area contributed by atoms with Crippen LogP contribution in [-0.4, -0.2) is 25.0 Å². The first-order chi connectivity index (χ1) is 8.20. The van der Waals surface area contributed by atoms with Gasteiger partial charge < -0.3 is 15.4 Å². The van der Waals surface area contributed by atoms with Crippen LogP contribution in [0.2, 0.25) is 0 Å². The fourth-order valence-electron chi connectivity index (χ4n) is 1.67. The Morgan fingerprint density at radius 3 is 3.00 bits per heavy atom. The van der Waals surface area contributed by atoms with Gasteiger partial charge in [-0.15, -0.1) is 0 Å². The number of amides is 1. The van der Waals surface area contributed by atoms with Gasteiger partial charge in [0, 0.05) is 13.0 Å². The van der Waals surface area contributed by atoms with Crippen LogP contribution in [0.5, 0.6) is 0 Å². The van der Waals surface area contributed by atoms with E-state index in [4.69, 9.17) is 4.74 Å². The Hall–Kier alpha value is -2.04. The number of carbonyl (C=O) groups excluding carboxylic acids is 2. The monoisotopic (exact) mass is 234 g/mol. The molecule has 0 spiro atoms. The molecular formula is C12H14N2O3. The molecule has 1 amide bonds. The van der Waals surface area contributed by atoms with Crippen LogP contribution in [0, 0.1) is 0 Å². The van der Waals surface area contributed by atoms with Crippen LogP contribution in [0.15, 0.2) is 18.2 Å². The van der Waals surface area contributed by atoms with Gasteiger partial charge in [0.05, 0.1) is 23.5 Å². The van der Waals surface area contributed by atoms with Crippen molar-refractivity contribution < 1.29 is 14.3 Å². The van der Waals surface area contributed by atoms with Crippen LogP contribution in [0.3, 0.4) is 0 Å². The van der Waals surface area contributed by atoms with Crippen molar-refractivity contribution in [2.75, 3.05) is 23.8 Å². The Balaban J connectivity index is 2.29. The van der Waals surface area contributed by atoms with Crippen LogP contribution in [0.4, 0.5) is 11.4 Å². The lowest BCUT2D eigenvalue weighted by Gasteiger charge is -2.09. The molecule has 2 rings (SSSR count). The van der Waals surface area contributed by atoms with Crippen molar-refractivity contribution in [1.82, 2.24) is 0 Å². The zero-order chi connectivity index (χ0) is 12.3. The standard InChI is InChI=1S/C12H14N2O3/c1-2-17-12(16)8-3-4-9-10(7-8)14-11(15)5-6-13-9/h3-4,7,13H,2,5-6H2,1H3,(H,14,15). The third-order valence-corrected chi connectivity index (χ3v) is 2.47. The minimum atomic E-state index is -0.381. The number of hydrogen-bond donors (Lipinski definition) is 2. The molecule has 1 aromatic carbocycles. The zero-order valence-corrected chi connectivity index (χ0v) is 9.58. The lowest BCUT2D eigenvalue weighted by molar-refractivity contribution is -0.115. The lowest BCUT2D eigenvalue weighted by atomic mass is 10.1. The molecule has 1 heterocycles. The highest BCUT2D eigenvalue weighted by Gasteiger charge is 2.15. The fourth-order valence-corrected chi connectivity index (χ4v) is 1.67. The summed E-state index contributed by atoms with van der Waals surface area (Å²) < 4.78 is 4.90. The number of benzene rings is 1. The number of carbonyl (C=O) groups is 2. The number of anilines is 2. The predicted octanol–water partition coefficient (Wildman–Crippen LogP) is 1.62. The van der Waals surface area contributed by atoms with E-state index in [2.05, 4.69) is 10.6 Å². The molecule has 1 aromatic rings. The number of hydrogen-bond acceptors (Lipinski definition) is 4. The normalized spacial score (nSPS) is 14.1. The second-order valence-corrected chi connectivity index (χ2v) is 3.71. The lowest BCUT2D eigenvalue weighted by Crippen LogP contribution is -2.11. The van der Waals surface area contributed by atoms with Crippen molar-refractivity contribution >= 4 is 23.3 Å². The topological polar surface area (TPSA) is 67.4 Å². The third kappa shape index (κ3) is 2.55. The third-order valence-electron chi connectivity index (χ3n) is 2.47. The molecule has 0 saturated carbocycles. The molecule has 2 N–H and O–H groups in total. The Bertz CT molecular complexity index is 457. The molecule has 0 unspecified atom stereocenters. The molecule has 0 aromatic heterocycles. The number of nitrogens with one attached hydrogen (secondary N) is 2. The molecule has 1 aliphatic rings. The van der Waals surface area contributed by atoms with E-state index >= 15 is 0 Å². The molecule has 0 radical (unpaired) electrons. The van der Waals surface area contributed by atoms with Gasteiger partial charge in [0.25, 0.3) is 0 Å². The van der Waals surface area contributed by atoms with Gasteiger partial charge in [-0.1, -0.05) is 0 Å². The second-order valence-electron chi connectivity index (χ2n) is 3.71. The predicted molar refractivity (Wildman–Crippen MR) is 64.1 cm³/mol. The number of rotatable bonds is 2. The number of esters is 1. The quantitative estimate of drug-likeness (QED) is 0.763. The number of fused-ring (bicyclic) bond motifs is 1. The molecular weight excluding hydrogens is 220 g/mol. The van der Waals surface area contributed by atoms with Gasteiger partial charge in [-0.25, -0.2) is 4.79 Å². The average molecular weight is 234 g/mol. The maximum Gasteiger partial charge on any atom is 0.338 e. The van der Waals surface area contributed by atoms with Crippen molar-refractivity contribution in [2.24, 2.45) is 0 Å². The summed E-state index contributed by atoms with van der Waals surface area (Å²) in [5, 5.41) is 5.87. The van der Waals surface area contributed by atoms with Gasteiger partial charge >= 0.3 is 5.97 Å². The van der Waals surface area contributed by atoms with Crippen LogP contribution in [0.1, 0.15) is 23.7 Å². The first-order valence-corrected chi connectivity index (χ1v) is 5.55. The van der Waals surface area contributed by atoms with E-state index in [1.165, 1.54) is 0 Å². The summed E-state index contributed by atoms with van der Waals surface area (Å²) in [7, 11) is 0. The average Bonchev–Trinajstić information content (AvgIpc) is 2.49. The maximum absolute atomic E-state index is 11.5. The maximum atomic E-state index is 11.5. The minimum absolute atomic E-state index is 0.0581. The van der Waals surface area contributed by atoms with Crippen molar-refractivity contribution in [3.8, 4) is 0 Å². The van der Waals surface area contributed by atoms with Gasteiger partial charge in [0.15, 0.2) is 0 Å². The molecule has 90 valence electrons. The van der Waals surface area contributed by atoms with E-state index < -0.39 is 0 Å². The van der Waals surface area contributed by atoms with Gasteiger partial charge in [-0.2, -0.15) is 0 Å². The molecule has 0 bridgehead atoms. The summed E-state index contributed by atoms with van der Waals surface area (Å²) in [5.41, 5.74) is 1.89. The van der Waals surface area contributed by atoms with E-state index in [-0.39, 0.29) is 11.9 Å². The molecule has 0 saturated heterocycles. The first kappa shape index (κ1) is 11.4. The van der Waals surface area contributed by atoms with Crippen molar-refractivity contribution in [3.63, 3.8) is 0 Å². The molecule has 0 fully saturated rings. The van der Waals surface area contributed by atoms with Gasteiger partial charge in [0.1, 0.15) is 0 Å². The summed E-state index contributed by atoms with van der Waals surface area (Å²) in [6.07, 6.45) is 0.420. The van der Waals surface area contributed by atoms with Gasteiger partial charge in [-0.3, -0.25) is 4.79 Å². The second kappa shape index (κ2) is 4.86. The number of ether oxygens (including phenoxy) is 1. The molecule has 5 heteroatoms. The zero-order valence-electron chi connectivity index (χ0n) is 9.58. The molecule has 0 aliphatic carbocycles. The molecule has 5 nitrogen and oxygen atoms in total. The Morgan fingerprint density at radius 1 is 1.41 bits per heavy atom. The highest BCUT2D eigenvalue weighted by atomic mass is 16.5. The summed E-state index contributed by atoms with van der Waals surface area (Å²) in [4.78, 5) is 22.9. The minimum Gasteiger partial charge on any atom is -0.462 e. The highest BCUT2D eigenvalue weighted by Crippen LogP contribution is 2.25. The van der Waals surface area contributed by atoms with E-state index in [9.17, 15) is 9.59 Å². The summed E-state index contributed by atoms with van der Waals surface area (Å²) >= 11 is 0. The van der Waals surface area contributed by atoms with E-state index in [0.717, 1.165) is 5.69 Å². The largest absolute Gasteiger partial charge is 0.462 e. The van der Waals surface area contributed by atoms with Crippen molar-refractivity contribution in [3.05, 3.63) is 23.8 Å². The van der Waals surface area contributed by atoms with Gasteiger partial charge in [-0.05, 0) is 25.1 Å². The SMILES string of the molecule is CCOC(=O)c1ccc2c(c1)NC(=O)CCN2. The van der Waals surface area contributed by atoms with Crippen LogP contribution >= 0.6 is 0 Å². The Labute approximate surface area is 99.2 Å². The smallest absolute Gasteiger partial charge is 0.338 e. The Morgan fingerprint density at radius 2 is 2.24 bits per heavy atom. The fraction of sp³-hybridized carbons (Fsp3) is 0.333. The summed E-state index contributed by atoms with van der Waals surface area (Å²) in [6.45, 7) is 2.68. The Kier molecular flexibility index (Phi) is 3.27. The molecule has 0 atom stereocenters. The van der Waals surface area contributed by atoms with E-state index in [0.29, 0.717) is 30.8 Å². The van der Waals surface area contributed by atoms with Crippen molar-refractivity contribution in [2.45, 2.75) is 13.3 Å². The molecule has 17 heavy (non-hydrogen) atoms. The molecule has 1 aliphatic heterocycles. The summed E-state index contributed by atoms with van der Waals surface area (Å²) in [5.74, 6) is -0.439. The van der Waals surface area contributed by atoms with E-state index in [1.54, 1.807) is 25.1 Å². The highest BCUT2D eigenvalue weighted by molar-refractivity contribution is 5.99. The van der Waals surface area contributed by atoms with Crippen LogP contribution < -0.4 is 10.6 Å². The van der Waals surface area contributed by atoms with Crippen LogP contribution in [-0.2, 0) is 9.53 Å².